The second-order valence-electron chi connectivity index (χ2n) is 34.6. The van der Waals surface area contributed by atoms with E-state index in [4.69, 9.17) is 77.3 Å². The molecule has 3 fully saturated rings. The van der Waals surface area contributed by atoms with Gasteiger partial charge in [0.25, 0.3) is 0 Å². The quantitative estimate of drug-likeness (QED) is 0.0394. The van der Waals surface area contributed by atoms with Crippen molar-refractivity contribution in [3.05, 3.63) is 164 Å². The number of hydrogen-bond donors (Lipinski definition) is 25. The molecule has 16 rings (SSSR count). The summed E-state index contributed by atoms with van der Waals surface area (Å²) in [7, 11) is 0. The zero-order chi connectivity index (χ0) is 98.4. The number of nitrogens with one attached hydrogen (secondary N) is 9. The Hall–Kier alpha value is -12.1. The summed E-state index contributed by atoms with van der Waals surface area (Å²) >= 11 is 14.8. The zero-order valence-corrected chi connectivity index (χ0v) is 75.3. The first-order valence-corrected chi connectivity index (χ1v) is 45.0. The van der Waals surface area contributed by atoms with E-state index >= 15 is 28.8 Å². The average molecular weight is 1950 g/mol. The Kier molecular flexibility index (Phi) is 32.2. The fourth-order valence-corrected chi connectivity index (χ4v) is 17.5. The van der Waals surface area contributed by atoms with Gasteiger partial charge < -0.3 is 173 Å². The molecule has 9 amide bonds. The second kappa shape index (κ2) is 43.7. The molecule has 0 spiro atoms. The Bertz CT molecular complexity index is 5670. The molecular weight excluding hydrogens is 1840 g/mol. The molecule has 7 aromatic carbocycles. The number of phenolic OH excluding ortho intramolecular Hbond substituents is 4. The summed E-state index contributed by atoms with van der Waals surface area (Å²) in [6.45, 7) is 1.96. The first-order valence-electron chi connectivity index (χ1n) is 44.2. The number of ether oxygens (including phenoxy) is 9. The number of unbranched alkanes of at least 4 members (excludes halogenated alkanes) is 4. The minimum Gasteiger partial charge on any atom is -0.508 e. The number of hydrogen-bond acceptors (Lipinski definition) is 34. The molecule has 0 aliphatic carbocycles. The number of aliphatic hydroxyl groups excluding tert-OH is 10. The lowest BCUT2D eigenvalue weighted by molar-refractivity contribution is -0.284. The Balaban J connectivity index is 1.05. The number of fused-ring (bicyclic) bond motifs is 14. The van der Waals surface area contributed by atoms with Crippen molar-refractivity contribution in [1.29, 1.82) is 0 Å². The summed E-state index contributed by atoms with van der Waals surface area (Å²) in [5.41, 5.74) is 9.25. The normalized spacial score (nSPS) is 28.3. The number of aromatic hydroxyl groups is 4. The van der Waals surface area contributed by atoms with Crippen LogP contribution in [0.4, 0.5) is 0 Å². The van der Waals surface area contributed by atoms with Crippen molar-refractivity contribution in [1.82, 2.24) is 47.9 Å². The largest absolute Gasteiger partial charge is 0.508 e. The fourth-order valence-electron chi connectivity index (χ4n) is 17.1. The molecule has 27 N–H and O–H groups in total. The number of phenols is 4. The number of halogens is 2. The van der Waals surface area contributed by atoms with Gasteiger partial charge in [0.05, 0.1) is 29.9 Å². The van der Waals surface area contributed by atoms with Gasteiger partial charge in [0.2, 0.25) is 71.5 Å². The first kappa shape index (κ1) is 101. The minimum atomic E-state index is -2.53. The molecule has 736 valence electrons. The van der Waals surface area contributed by atoms with Gasteiger partial charge in [-0.3, -0.25) is 43.2 Å². The highest BCUT2D eigenvalue weighted by Crippen LogP contribution is 2.51. The van der Waals surface area contributed by atoms with Gasteiger partial charge in [-0.2, -0.15) is 0 Å². The number of benzene rings is 7. The average Bonchev–Trinajstić information content (AvgIpc) is 0.753. The smallest absolute Gasteiger partial charge is 0.248 e. The molecule has 43 nitrogen and oxygen atoms in total. The Morgan fingerprint density at radius 3 is 1.72 bits per heavy atom. The van der Waals surface area contributed by atoms with Gasteiger partial charge in [0.15, 0.2) is 29.3 Å². The molecule has 45 heteroatoms. The number of rotatable bonds is 23. The van der Waals surface area contributed by atoms with E-state index < -0.39 is 304 Å². The maximum absolute atomic E-state index is 17.2. The summed E-state index contributed by atoms with van der Waals surface area (Å²) < 4.78 is 58.1. The maximum Gasteiger partial charge on any atom is 0.248 e. The number of carbonyl (C=O) groups is 9. The molecule has 7 aromatic rings. The lowest BCUT2D eigenvalue weighted by Gasteiger charge is -2.44. The Morgan fingerprint density at radius 1 is 0.504 bits per heavy atom. The summed E-state index contributed by atoms with van der Waals surface area (Å²) in [5, 5.41) is 184. The van der Waals surface area contributed by atoms with Crippen molar-refractivity contribution >= 4 is 76.4 Å². The predicted molar refractivity (Wildman–Crippen MR) is 477 cm³/mol. The molecule has 9 aliphatic rings. The summed E-state index contributed by atoms with van der Waals surface area (Å²) in [6.07, 6.45) is -25.1. The molecule has 3 saturated heterocycles. The van der Waals surface area contributed by atoms with Crippen molar-refractivity contribution in [2.75, 3.05) is 32.9 Å². The van der Waals surface area contributed by atoms with Crippen molar-refractivity contribution < 1.29 is 157 Å². The molecule has 23 atom stereocenters. The van der Waals surface area contributed by atoms with E-state index in [-0.39, 0.29) is 70.5 Å². The van der Waals surface area contributed by atoms with E-state index in [1.54, 1.807) is 0 Å². The van der Waals surface area contributed by atoms with Crippen LogP contribution in [0, 0.1) is 5.92 Å². The van der Waals surface area contributed by atoms with Gasteiger partial charge in [0.1, 0.15) is 162 Å². The third-order valence-electron chi connectivity index (χ3n) is 24.3. The predicted octanol–water partition coefficient (Wildman–Crippen LogP) is 0.790. The molecule has 0 aromatic heterocycles. The monoisotopic (exact) mass is 1950 g/mol. The Morgan fingerprint density at radius 2 is 1.07 bits per heavy atom. The van der Waals surface area contributed by atoms with E-state index in [1.165, 1.54) is 30.3 Å². The van der Waals surface area contributed by atoms with Crippen LogP contribution in [0.25, 0.3) is 11.1 Å². The van der Waals surface area contributed by atoms with Crippen LogP contribution in [0.5, 0.6) is 69.0 Å². The zero-order valence-electron chi connectivity index (χ0n) is 73.7. The first-order chi connectivity index (χ1) is 65.4. The molecule has 0 saturated carbocycles. The number of amides is 9. The summed E-state index contributed by atoms with van der Waals surface area (Å²) in [6, 6.07) is 1.82. The number of carbonyl (C=O) groups excluding carboxylic acids is 9. The van der Waals surface area contributed by atoms with Gasteiger partial charge in [-0.15, -0.1) is 0 Å². The van der Waals surface area contributed by atoms with Gasteiger partial charge in [-0.1, -0.05) is 87.0 Å². The van der Waals surface area contributed by atoms with Crippen LogP contribution in [0.3, 0.4) is 0 Å². The SMILES string of the molecule is CC(=O)N[C@@H]1[C@H](O[C@@H]2c3ccc(c(Cl)c3)Oc3cc4cc(c3O[C@@H]3O[C@@H](CO)[C@@H](O)[C@H](O)[C@@H]3NC(=O)CCCCCCC(C)C)Oc3ccc(cc3Cl)C[C@H]3NC(=O)[C@H](N)c5ccc(O)c(c5)Oc5cc(O)cc(c5)[C@H](NC3=O)C(=O)N[C@H]4C(=O)N[C@H]3C(=O)N[C@@H]2C(=O)N[C@H](C(=O)NCCCCN)c2cc(O)cc(O[C@H]4O[C@H](CO)[C@@H](O)[C@@H](O)[C@@H]4O)c2-c2cc3ccc2O)O[C@@H](CO)[C@@H](O)[C@@H]1O. The lowest BCUT2D eigenvalue weighted by Crippen LogP contribution is -2.65. The highest BCUT2D eigenvalue weighted by Gasteiger charge is 2.52. The van der Waals surface area contributed by atoms with Crippen molar-refractivity contribution in [3.63, 3.8) is 0 Å². The third kappa shape index (κ3) is 22.7. The van der Waals surface area contributed by atoms with Gasteiger partial charge in [-0.05, 0) is 150 Å². The van der Waals surface area contributed by atoms with E-state index in [9.17, 15) is 85.9 Å². The number of aliphatic hydroxyl groups is 10. The van der Waals surface area contributed by atoms with Crippen molar-refractivity contribution in [2.45, 2.75) is 219 Å². The molecule has 17 bridgehead atoms. The topological polar surface area (TPSA) is 680 Å². The van der Waals surface area contributed by atoms with Crippen LogP contribution in [0.1, 0.15) is 147 Å². The molecule has 0 unspecified atom stereocenters. The summed E-state index contributed by atoms with van der Waals surface area (Å²) in [4.78, 5) is 141. The molecular formula is C92H107Cl2N11O32. The second-order valence-corrected chi connectivity index (χ2v) is 35.4. The van der Waals surface area contributed by atoms with Crippen molar-refractivity contribution in [2.24, 2.45) is 17.4 Å². The van der Waals surface area contributed by atoms with E-state index in [1.807, 2.05) is 0 Å². The van der Waals surface area contributed by atoms with Crippen LogP contribution < -0.4 is 83.0 Å². The van der Waals surface area contributed by atoms with Crippen LogP contribution in [0.2, 0.25) is 10.0 Å². The van der Waals surface area contributed by atoms with Gasteiger partial charge in [0, 0.05) is 49.6 Å². The molecule has 9 aliphatic heterocycles. The lowest BCUT2D eigenvalue weighted by atomic mass is 9.89. The maximum atomic E-state index is 17.2. The standard InChI is InChI=1S/C92H107Cl2N11O32/c1-37(2)10-6-4-5-7-11-64(114)100-72-78(119)75(116)62(35-107)134-91(72)137-82-59-29-44-30-60(82)131-56-19-15-42(27-51(56)94)81(136-90-71(98-38(3)109)77(118)74(115)61(34-106)133-90)73-89(128)104-70(85(124)97-21-9-8-20-95)49-32-46(111)33-58(132-92-80(121)79(120)76(117)63(36-108)135-92)65(49)48-26-41(14-16-53(48)112)67(86(125)105-73)102-88(127)69(44)103-87(126)68-43-24-45(110)31-47(25-43)129-57-28-40(13-17-54(57)113)66(96)84(123)99-52(83(122)101-68)23-39-12-18-55(130-59)50(93)22-39/h12-19,22,24-33,37,52,61-63,66-81,90-92,106-108,110-113,115-121H,4-11,20-21,23,34-36,95-96H2,1-3H3,(H,97,124)(H,98,109)(H,99,123)(H,100,114)(H,101,122)(H,102,127)(H,103,126)(H,104,128)(H,105,125)/t52-,61+,62+,63-,66-,67-,68+,69-,70+,71+,72+,73+,74-,75-,76-,77-,78-,79-,80+,81-,90+,91+,92+/m1/s1. The van der Waals surface area contributed by atoms with Gasteiger partial charge >= 0.3 is 0 Å². The van der Waals surface area contributed by atoms with E-state index in [2.05, 4.69) is 61.7 Å². The highest BCUT2D eigenvalue weighted by atomic mass is 35.5. The molecule has 9 heterocycles. The van der Waals surface area contributed by atoms with Crippen LogP contribution in [-0.2, 0) is 68.5 Å². The van der Waals surface area contributed by atoms with Crippen LogP contribution >= 0.6 is 23.2 Å². The fraction of sp³-hybridized carbons (Fsp3) is 0.446. The van der Waals surface area contributed by atoms with Crippen molar-refractivity contribution in [3.8, 4) is 80.1 Å². The minimum absolute atomic E-state index is 0.0319. The van der Waals surface area contributed by atoms with Crippen LogP contribution in [-0.4, -0.2) is 262 Å². The van der Waals surface area contributed by atoms with Crippen LogP contribution in [0.15, 0.2) is 115 Å². The summed E-state index contributed by atoms with van der Waals surface area (Å²) in [5.74, 6) is -17.7. The third-order valence-corrected chi connectivity index (χ3v) is 24.9. The van der Waals surface area contributed by atoms with E-state index in [0.29, 0.717) is 25.2 Å². The molecule has 137 heavy (non-hydrogen) atoms. The Labute approximate surface area is 791 Å². The number of nitrogens with two attached hydrogens (primary N) is 2. The molecule has 0 radical (unpaired) electrons. The highest BCUT2D eigenvalue weighted by molar-refractivity contribution is 6.32. The van der Waals surface area contributed by atoms with Gasteiger partial charge in [-0.25, -0.2) is 0 Å². The van der Waals surface area contributed by atoms with E-state index in [0.717, 1.165) is 111 Å².